The molecule has 0 radical (unpaired) electrons. The van der Waals surface area contributed by atoms with Gasteiger partial charge in [0, 0.05) is 29.6 Å². The first-order chi connectivity index (χ1) is 15.6. The number of amides is 1. The van der Waals surface area contributed by atoms with E-state index in [1.54, 1.807) is 39.1 Å². The summed E-state index contributed by atoms with van der Waals surface area (Å²) >= 11 is 1.43. The zero-order chi connectivity index (χ0) is 24.2. The van der Waals surface area contributed by atoms with Gasteiger partial charge in [-0.25, -0.2) is 14.2 Å². The van der Waals surface area contributed by atoms with Crippen LogP contribution in [0.2, 0.25) is 0 Å². The molecule has 10 heteroatoms. The molecule has 1 fully saturated rings. The van der Waals surface area contributed by atoms with Crippen LogP contribution in [0.4, 0.5) is 15.0 Å². The highest BCUT2D eigenvalue weighted by molar-refractivity contribution is 7.14. The number of rotatable bonds is 8. The zero-order valence-corrected chi connectivity index (χ0v) is 20.0. The second-order valence-electron chi connectivity index (χ2n) is 8.87. The van der Waals surface area contributed by atoms with Gasteiger partial charge in [-0.15, -0.1) is 21.5 Å². The third-order valence-corrected chi connectivity index (χ3v) is 6.39. The number of hydrogen-bond donors (Lipinski definition) is 1. The van der Waals surface area contributed by atoms with Crippen molar-refractivity contribution in [1.29, 1.82) is 0 Å². The topological polar surface area (TPSA) is 107 Å². The number of ether oxygens (including phenoxy) is 1. The fraction of sp³-hybridized carbons (Fsp3) is 0.435. The number of nitrogens with two attached hydrogens (primary N) is 1. The van der Waals surface area contributed by atoms with Crippen LogP contribution < -0.4 is 10.6 Å². The summed E-state index contributed by atoms with van der Waals surface area (Å²) in [6.45, 7) is 12.9. The molecule has 0 spiro atoms. The quantitative estimate of drug-likeness (QED) is 0.426. The van der Waals surface area contributed by atoms with E-state index in [1.807, 2.05) is 0 Å². The maximum Gasteiger partial charge on any atom is 0.416 e. The summed E-state index contributed by atoms with van der Waals surface area (Å²) in [6, 6.07) is 3.41. The van der Waals surface area contributed by atoms with Crippen LogP contribution >= 0.6 is 11.3 Å². The Morgan fingerprint density at radius 2 is 2.12 bits per heavy atom. The predicted octanol–water partition coefficient (Wildman–Crippen LogP) is 5.04. The first-order valence-corrected chi connectivity index (χ1v) is 11.4. The van der Waals surface area contributed by atoms with E-state index in [1.165, 1.54) is 16.2 Å². The van der Waals surface area contributed by atoms with Crippen molar-refractivity contribution >= 4 is 30.0 Å². The van der Waals surface area contributed by atoms with Crippen molar-refractivity contribution in [1.82, 2.24) is 15.2 Å². The molecule has 1 aliphatic carbocycles. The molecule has 3 rings (SSSR count). The predicted molar refractivity (Wildman–Crippen MR) is 129 cm³/mol. The molecule has 1 saturated carbocycles. The van der Waals surface area contributed by atoms with Crippen LogP contribution in [0.3, 0.4) is 0 Å². The number of allylic oxidation sites excluding steroid dienone is 2. The van der Waals surface area contributed by atoms with Crippen LogP contribution in [-0.2, 0) is 11.3 Å². The second kappa shape index (κ2) is 9.88. The van der Waals surface area contributed by atoms with Gasteiger partial charge in [-0.1, -0.05) is 13.0 Å². The Kier molecular flexibility index (Phi) is 7.38. The van der Waals surface area contributed by atoms with Crippen molar-refractivity contribution in [2.45, 2.75) is 52.2 Å². The first kappa shape index (κ1) is 24.7. The largest absolute Gasteiger partial charge is 0.443 e. The lowest BCUT2D eigenvalue weighted by Crippen LogP contribution is -2.48. The highest BCUT2D eigenvalue weighted by atomic mass is 32.1. The summed E-state index contributed by atoms with van der Waals surface area (Å²) in [7, 11) is 0. The Bertz CT molecular complexity index is 1050. The molecule has 2 N–H and O–H groups in total. The lowest BCUT2D eigenvalue weighted by Gasteiger charge is -2.44. The van der Waals surface area contributed by atoms with Gasteiger partial charge < -0.3 is 10.5 Å². The molecule has 0 unspecified atom stereocenters. The van der Waals surface area contributed by atoms with Gasteiger partial charge in [-0.2, -0.15) is 0 Å². The number of carbonyl (C=O) groups excluding carboxylic acids is 1. The molecule has 2 aromatic heterocycles. The normalized spacial score (nSPS) is 15.8. The maximum absolute atomic E-state index is 14.6. The maximum atomic E-state index is 14.6. The minimum atomic E-state index is -0.725. The number of aliphatic imine (C=N–C) groups is 1. The van der Waals surface area contributed by atoms with E-state index in [0.717, 1.165) is 17.4 Å². The van der Waals surface area contributed by atoms with Crippen LogP contribution in [0.5, 0.6) is 0 Å². The van der Waals surface area contributed by atoms with Crippen molar-refractivity contribution < 1.29 is 13.9 Å². The number of nitrogens with zero attached hydrogens (tertiary/aromatic N) is 5. The van der Waals surface area contributed by atoms with Crippen LogP contribution in [0.1, 0.15) is 44.9 Å². The van der Waals surface area contributed by atoms with Gasteiger partial charge in [-0.05, 0) is 58.5 Å². The molecule has 2 heterocycles. The number of thiazole rings is 1. The average molecular weight is 473 g/mol. The third-order valence-electron chi connectivity index (χ3n) is 5.35. The minimum Gasteiger partial charge on any atom is -0.443 e. The second-order valence-corrected chi connectivity index (χ2v) is 9.99. The van der Waals surface area contributed by atoms with Crippen LogP contribution in [-0.4, -0.2) is 40.1 Å². The van der Waals surface area contributed by atoms with Gasteiger partial charge >= 0.3 is 6.09 Å². The molecule has 0 atom stereocenters. The summed E-state index contributed by atoms with van der Waals surface area (Å²) in [4.78, 5) is 23.7. The molecule has 1 amide bonds. The van der Waals surface area contributed by atoms with E-state index >= 15 is 0 Å². The Balaban J connectivity index is 1.97. The van der Waals surface area contributed by atoms with Crippen molar-refractivity contribution in [2.24, 2.45) is 16.1 Å². The standard InChI is InChI=1S/C23H29FN6O2S/c1-6-16(24)19(26-5)23(10-7-11-23)14-30(21(31)32-22(2,3)4)18-9-8-17(28-29-18)20-27-13-15(12-25)33-20/h6,8-9,13H,1,5,7,10-12,14,25H2,2-4H3/b19-16+. The summed E-state index contributed by atoms with van der Waals surface area (Å²) < 4.78 is 20.2. The smallest absolute Gasteiger partial charge is 0.416 e. The molecule has 0 bridgehead atoms. The van der Waals surface area contributed by atoms with Crippen molar-refractivity contribution in [2.75, 3.05) is 11.4 Å². The molecule has 2 aromatic rings. The van der Waals surface area contributed by atoms with E-state index < -0.39 is 22.9 Å². The SMILES string of the molecule is C=C/C(F)=C(\N=C)C1(CN(C(=O)OC(C)(C)C)c2ccc(-c3ncc(CN)s3)nn2)CCC1. The molecule has 176 valence electrons. The van der Waals surface area contributed by atoms with Crippen molar-refractivity contribution in [3.05, 3.63) is 47.4 Å². The highest BCUT2D eigenvalue weighted by Crippen LogP contribution is 2.50. The summed E-state index contributed by atoms with van der Waals surface area (Å²) in [5, 5.41) is 9.21. The summed E-state index contributed by atoms with van der Waals surface area (Å²) in [5.74, 6) is -0.257. The molecule has 33 heavy (non-hydrogen) atoms. The molecule has 1 aliphatic rings. The van der Waals surface area contributed by atoms with Crippen molar-refractivity contribution in [3.8, 4) is 10.7 Å². The lowest BCUT2D eigenvalue weighted by molar-refractivity contribution is 0.0546. The van der Waals surface area contributed by atoms with E-state index in [2.05, 4.69) is 33.5 Å². The Hall–Kier alpha value is -2.98. The van der Waals surface area contributed by atoms with Crippen LogP contribution in [0.25, 0.3) is 10.7 Å². The van der Waals surface area contributed by atoms with Crippen molar-refractivity contribution in [3.63, 3.8) is 0 Å². The summed E-state index contributed by atoms with van der Waals surface area (Å²) in [5.41, 5.74) is 4.99. The third kappa shape index (κ3) is 5.51. The molecular formula is C23H29FN6O2S. The zero-order valence-electron chi connectivity index (χ0n) is 19.2. The van der Waals surface area contributed by atoms with Gasteiger partial charge in [0.1, 0.15) is 22.1 Å². The Morgan fingerprint density at radius 1 is 1.39 bits per heavy atom. The van der Waals surface area contributed by atoms with E-state index in [0.29, 0.717) is 30.1 Å². The van der Waals surface area contributed by atoms with Gasteiger partial charge in [0.05, 0.1) is 5.70 Å². The van der Waals surface area contributed by atoms with Crippen LogP contribution in [0.15, 0.2) is 47.5 Å². The number of hydrogen-bond acceptors (Lipinski definition) is 8. The Labute approximate surface area is 197 Å². The van der Waals surface area contributed by atoms with Gasteiger partial charge in [-0.3, -0.25) is 9.89 Å². The minimum absolute atomic E-state index is 0.125. The molecular weight excluding hydrogens is 443 g/mol. The lowest BCUT2D eigenvalue weighted by atomic mass is 9.66. The molecule has 0 saturated heterocycles. The van der Waals surface area contributed by atoms with Crippen LogP contribution in [0, 0.1) is 5.41 Å². The van der Waals surface area contributed by atoms with E-state index in [-0.39, 0.29) is 18.1 Å². The number of anilines is 1. The fourth-order valence-electron chi connectivity index (χ4n) is 3.63. The average Bonchev–Trinajstić information content (AvgIpc) is 3.23. The van der Waals surface area contributed by atoms with E-state index in [9.17, 15) is 9.18 Å². The van der Waals surface area contributed by atoms with Gasteiger partial charge in [0.25, 0.3) is 0 Å². The molecule has 8 nitrogen and oxygen atoms in total. The highest BCUT2D eigenvalue weighted by Gasteiger charge is 2.45. The first-order valence-electron chi connectivity index (χ1n) is 10.6. The molecule has 0 aliphatic heterocycles. The fourth-order valence-corrected chi connectivity index (χ4v) is 4.38. The van der Waals surface area contributed by atoms with E-state index in [4.69, 9.17) is 10.5 Å². The monoisotopic (exact) mass is 472 g/mol. The van der Waals surface area contributed by atoms with Gasteiger partial charge in [0.2, 0.25) is 0 Å². The number of carbonyl (C=O) groups is 1. The summed E-state index contributed by atoms with van der Waals surface area (Å²) in [6.07, 6.45) is 4.39. The Morgan fingerprint density at radius 3 is 2.58 bits per heavy atom. The number of aromatic nitrogens is 3. The molecule has 0 aromatic carbocycles. The van der Waals surface area contributed by atoms with Gasteiger partial charge in [0.15, 0.2) is 5.82 Å². The number of halogens is 1.